The molecule has 1 aromatic heterocycles. The maximum atomic E-state index is 11.9. The lowest BCUT2D eigenvalue weighted by Gasteiger charge is -2.10. The van der Waals surface area contributed by atoms with E-state index in [2.05, 4.69) is 15.6 Å². The molecule has 6 heteroatoms. The Morgan fingerprint density at radius 3 is 2.29 bits per heavy atom. The van der Waals surface area contributed by atoms with Crippen molar-refractivity contribution in [3.63, 3.8) is 0 Å². The second-order valence-electron chi connectivity index (χ2n) is 4.40. The molecule has 0 unspecified atom stereocenters. The Morgan fingerprint density at radius 1 is 1.05 bits per heavy atom. The van der Waals surface area contributed by atoms with Crippen molar-refractivity contribution in [3.05, 3.63) is 42.1 Å². The van der Waals surface area contributed by atoms with Crippen LogP contribution in [0.3, 0.4) is 0 Å². The van der Waals surface area contributed by atoms with E-state index in [1.54, 1.807) is 44.7 Å². The summed E-state index contributed by atoms with van der Waals surface area (Å²) in [6.45, 7) is 1.93. The van der Waals surface area contributed by atoms with Crippen LogP contribution in [-0.2, 0) is 0 Å². The number of rotatable bonds is 4. The Balaban J connectivity index is 2.08. The number of hydrogen-bond donors (Lipinski definition) is 2. The molecule has 2 N–H and O–H groups in total. The largest absolute Gasteiger partial charge is 0.497 e. The quantitative estimate of drug-likeness (QED) is 0.906. The molecule has 6 nitrogen and oxygen atoms in total. The van der Waals surface area contributed by atoms with Gasteiger partial charge in [0.2, 0.25) is 0 Å². The number of aromatic nitrogens is 1. The van der Waals surface area contributed by atoms with Crippen LogP contribution in [0, 0.1) is 6.92 Å². The van der Waals surface area contributed by atoms with E-state index in [1.165, 1.54) is 0 Å². The number of nitrogens with zero attached hydrogens (tertiary/aromatic N) is 1. The maximum Gasteiger partial charge on any atom is 0.324 e. The number of pyridine rings is 1. The van der Waals surface area contributed by atoms with Crippen LogP contribution in [0.4, 0.5) is 16.3 Å². The van der Waals surface area contributed by atoms with Crippen LogP contribution in [0.25, 0.3) is 0 Å². The summed E-state index contributed by atoms with van der Waals surface area (Å²) in [4.78, 5) is 16.0. The number of amides is 2. The summed E-state index contributed by atoms with van der Waals surface area (Å²) in [5, 5.41) is 5.37. The van der Waals surface area contributed by atoms with Gasteiger partial charge in [0, 0.05) is 30.1 Å². The summed E-state index contributed by atoms with van der Waals surface area (Å²) >= 11 is 0. The highest BCUT2D eigenvalue weighted by Gasteiger charge is 2.07. The van der Waals surface area contributed by atoms with E-state index in [9.17, 15) is 4.79 Å². The molecule has 0 aliphatic rings. The Bertz CT molecular complexity index is 622. The van der Waals surface area contributed by atoms with Crippen LogP contribution in [-0.4, -0.2) is 25.2 Å². The average Bonchev–Trinajstić information content (AvgIpc) is 2.46. The van der Waals surface area contributed by atoms with E-state index in [0.29, 0.717) is 23.0 Å². The van der Waals surface area contributed by atoms with E-state index < -0.39 is 0 Å². The van der Waals surface area contributed by atoms with Crippen LogP contribution >= 0.6 is 0 Å². The van der Waals surface area contributed by atoms with Gasteiger partial charge in [-0.2, -0.15) is 0 Å². The number of carbonyl (C=O) groups is 1. The summed E-state index contributed by atoms with van der Waals surface area (Å²) in [6, 6.07) is 8.38. The third kappa shape index (κ3) is 4.10. The monoisotopic (exact) mass is 287 g/mol. The number of anilines is 2. The highest BCUT2D eigenvalue weighted by atomic mass is 16.5. The third-order valence-electron chi connectivity index (χ3n) is 2.77. The van der Waals surface area contributed by atoms with E-state index in [1.807, 2.05) is 13.0 Å². The van der Waals surface area contributed by atoms with Crippen molar-refractivity contribution in [2.75, 3.05) is 24.9 Å². The van der Waals surface area contributed by atoms with Gasteiger partial charge in [-0.25, -0.2) is 9.78 Å². The number of ether oxygens (including phenoxy) is 2. The maximum absolute atomic E-state index is 11.9. The number of benzene rings is 1. The molecule has 2 amide bonds. The standard InChI is InChI=1S/C15H17N3O3/c1-10-4-5-16-14(6-10)18-15(19)17-11-7-12(20-2)9-13(8-11)21-3/h4-9H,1-3H3,(H2,16,17,18,19). The topological polar surface area (TPSA) is 72.5 Å². The molecule has 0 saturated carbocycles. The van der Waals surface area contributed by atoms with Crippen LogP contribution in [0.5, 0.6) is 11.5 Å². The number of nitrogens with one attached hydrogen (secondary N) is 2. The molecule has 0 radical (unpaired) electrons. The lowest BCUT2D eigenvalue weighted by atomic mass is 10.3. The minimum absolute atomic E-state index is 0.386. The van der Waals surface area contributed by atoms with Crippen molar-refractivity contribution in [1.82, 2.24) is 4.98 Å². The molecule has 0 aliphatic heterocycles. The van der Waals surface area contributed by atoms with Gasteiger partial charge in [-0.15, -0.1) is 0 Å². The van der Waals surface area contributed by atoms with E-state index in [-0.39, 0.29) is 6.03 Å². The summed E-state index contributed by atoms with van der Waals surface area (Å²) < 4.78 is 10.3. The fraction of sp³-hybridized carbons (Fsp3) is 0.200. The molecule has 2 aromatic rings. The van der Waals surface area contributed by atoms with E-state index >= 15 is 0 Å². The molecule has 0 spiro atoms. The lowest BCUT2D eigenvalue weighted by Crippen LogP contribution is -2.20. The Hall–Kier alpha value is -2.76. The molecule has 0 atom stereocenters. The van der Waals surface area contributed by atoms with Crippen molar-refractivity contribution >= 4 is 17.5 Å². The van der Waals surface area contributed by atoms with Gasteiger partial charge in [0.25, 0.3) is 0 Å². The third-order valence-corrected chi connectivity index (χ3v) is 2.77. The second kappa shape index (κ2) is 6.60. The highest BCUT2D eigenvalue weighted by molar-refractivity contribution is 5.99. The first kappa shape index (κ1) is 14.6. The van der Waals surface area contributed by atoms with Crippen LogP contribution < -0.4 is 20.1 Å². The molecule has 0 aliphatic carbocycles. The normalized spacial score (nSPS) is 9.86. The van der Waals surface area contributed by atoms with Gasteiger partial charge in [0.15, 0.2) is 0 Å². The summed E-state index contributed by atoms with van der Waals surface area (Å²) in [5.41, 5.74) is 1.58. The van der Waals surface area contributed by atoms with Crippen molar-refractivity contribution in [2.45, 2.75) is 6.92 Å². The second-order valence-corrected chi connectivity index (χ2v) is 4.40. The first-order chi connectivity index (χ1) is 10.1. The van der Waals surface area contributed by atoms with Crippen molar-refractivity contribution in [3.8, 4) is 11.5 Å². The minimum Gasteiger partial charge on any atom is -0.497 e. The molecular formula is C15H17N3O3. The molecule has 0 saturated heterocycles. The first-order valence-corrected chi connectivity index (χ1v) is 6.34. The molecule has 21 heavy (non-hydrogen) atoms. The highest BCUT2D eigenvalue weighted by Crippen LogP contribution is 2.25. The van der Waals surface area contributed by atoms with Crippen LogP contribution in [0.1, 0.15) is 5.56 Å². The molecule has 110 valence electrons. The van der Waals surface area contributed by atoms with Gasteiger partial charge in [-0.05, 0) is 24.6 Å². The van der Waals surface area contributed by atoms with E-state index in [0.717, 1.165) is 5.56 Å². The Labute approximate surface area is 123 Å². The molecular weight excluding hydrogens is 270 g/mol. The van der Waals surface area contributed by atoms with Crippen molar-refractivity contribution in [1.29, 1.82) is 0 Å². The number of carbonyl (C=O) groups excluding carboxylic acids is 1. The smallest absolute Gasteiger partial charge is 0.324 e. The number of methoxy groups -OCH3 is 2. The fourth-order valence-corrected chi connectivity index (χ4v) is 1.76. The van der Waals surface area contributed by atoms with Gasteiger partial charge in [-0.1, -0.05) is 0 Å². The predicted molar refractivity (Wildman–Crippen MR) is 81.2 cm³/mol. The zero-order valence-electron chi connectivity index (χ0n) is 12.1. The fourth-order valence-electron chi connectivity index (χ4n) is 1.76. The Kier molecular flexibility index (Phi) is 4.61. The van der Waals surface area contributed by atoms with Gasteiger partial charge in [-0.3, -0.25) is 5.32 Å². The minimum atomic E-state index is -0.386. The summed E-state index contributed by atoms with van der Waals surface area (Å²) in [6.07, 6.45) is 1.64. The molecule has 1 heterocycles. The SMILES string of the molecule is COc1cc(NC(=O)Nc2cc(C)ccn2)cc(OC)c1. The first-order valence-electron chi connectivity index (χ1n) is 6.34. The summed E-state index contributed by atoms with van der Waals surface area (Å²) in [5.74, 6) is 1.68. The van der Waals surface area contributed by atoms with Crippen molar-refractivity contribution in [2.24, 2.45) is 0 Å². The molecule has 0 fully saturated rings. The van der Waals surface area contributed by atoms with Crippen LogP contribution in [0.2, 0.25) is 0 Å². The number of aryl methyl sites for hydroxylation is 1. The Morgan fingerprint density at radius 2 is 1.71 bits per heavy atom. The zero-order chi connectivity index (χ0) is 15.2. The number of hydrogen-bond acceptors (Lipinski definition) is 4. The molecule has 2 rings (SSSR count). The number of urea groups is 1. The van der Waals surface area contributed by atoms with Gasteiger partial charge in [0.05, 0.1) is 14.2 Å². The molecule has 1 aromatic carbocycles. The lowest BCUT2D eigenvalue weighted by molar-refractivity contribution is 0.262. The van der Waals surface area contributed by atoms with Crippen molar-refractivity contribution < 1.29 is 14.3 Å². The van der Waals surface area contributed by atoms with Gasteiger partial charge < -0.3 is 14.8 Å². The van der Waals surface area contributed by atoms with Gasteiger partial charge in [0.1, 0.15) is 17.3 Å². The van der Waals surface area contributed by atoms with E-state index in [4.69, 9.17) is 9.47 Å². The molecule has 0 bridgehead atoms. The van der Waals surface area contributed by atoms with Gasteiger partial charge >= 0.3 is 6.03 Å². The van der Waals surface area contributed by atoms with Crippen LogP contribution in [0.15, 0.2) is 36.5 Å². The predicted octanol–water partition coefficient (Wildman–Crippen LogP) is 3.05. The average molecular weight is 287 g/mol. The summed E-state index contributed by atoms with van der Waals surface area (Å²) in [7, 11) is 3.10. The zero-order valence-corrected chi connectivity index (χ0v) is 12.1.